The highest BCUT2D eigenvalue weighted by atomic mass is 16.7. The van der Waals surface area contributed by atoms with Crippen LogP contribution in [0.5, 0.6) is 0 Å². The standard InChI is InChI=1S/C68H125NO8/c1-3-5-7-9-11-13-15-17-19-21-23-24-25-26-27-28-29-30-31-32-33-34-35-36-37-38-40-42-44-46-48-50-52-54-56-58-64(72)69-61(60-76-68-67(75)66(74)65(73)63(59-70)77-68)62(71)57-55-53-51-49-47-45-43-41-39-22-20-18-16-14-12-10-8-6-4-2/h5,7,11,13,17,19,23-24,26-27,61-63,65-68,70-71,73-75H,3-4,6,8-10,12,14-16,18,20-22,25,28-60H2,1-2H3,(H,69,72)/b7-5-,13-11-,19-17-,24-23-,27-26-. The summed E-state index contributed by atoms with van der Waals surface area (Å²) in [5, 5.41) is 54.8. The van der Waals surface area contributed by atoms with Crippen LogP contribution in [0.2, 0.25) is 0 Å². The van der Waals surface area contributed by atoms with Gasteiger partial charge >= 0.3 is 0 Å². The summed E-state index contributed by atoms with van der Waals surface area (Å²) in [4.78, 5) is 13.1. The van der Waals surface area contributed by atoms with Gasteiger partial charge in [0.1, 0.15) is 24.4 Å². The Bertz CT molecular complexity index is 1400. The number of rotatable bonds is 57. The third-order valence-electron chi connectivity index (χ3n) is 15.6. The molecule has 7 atom stereocenters. The Hall–Kier alpha value is -2.11. The fourth-order valence-corrected chi connectivity index (χ4v) is 10.5. The number of carbonyl (C=O) groups is 1. The zero-order valence-corrected chi connectivity index (χ0v) is 50.2. The second-order valence-corrected chi connectivity index (χ2v) is 22.9. The van der Waals surface area contributed by atoms with Crippen LogP contribution in [0, 0.1) is 0 Å². The van der Waals surface area contributed by atoms with Crippen LogP contribution < -0.4 is 5.32 Å². The van der Waals surface area contributed by atoms with Gasteiger partial charge < -0.3 is 40.3 Å². The van der Waals surface area contributed by atoms with Gasteiger partial charge in [-0.2, -0.15) is 0 Å². The topological polar surface area (TPSA) is 149 Å². The highest BCUT2D eigenvalue weighted by Gasteiger charge is 2.44. The van der Waals surface area contributed by atoms with Gasteiger partial charge in [0.2, 0.25) is 5.91 Å². The van der Waals surface area contributed by atoms with Crippen molar-refractivity contribution in [1.29, 1.82) is 0 Å². The fourth-order valence-electron chi connectivity index (χ4n) is 10.5. The maximum Gasteiger partial charge on any atom is 0.220 e. The molecule has 1 aliphatic rings. The van der Waals surface area contributed by atoms with Gasteiger partial charge in [-0.05, 0) is 57.8 Å². The van der Waals surface area contributed by atoms with E-state index in [9.17, 15) is 30.3 Å². The molecule has 1 heterocycles. The zero-order chi connectivity index (χ0) is 55.8. The van der Waals surface area contributed by atoms with E-state index in [1.165, 1.54) is 212 Å². The van der Waals surface area contributed by atoms with Crippen molar-refractivity contribution < 1.29 is 39.8 Å². The predicted octanol–water partition coefficient (Wildman–Crippen LogP) is 17.4. The lowest BCUT2D eigenvalue weighted by Crippen LogP contribution is -2.60. The molecule has 0 aromatic heterocycles. The minimum atomic E-state index is -1.55. The smallest absolute Gasteiger partial charge is 0.220 e. The summed E-state index contributed by atoms with van der Waals surface area (Å²) in [7, 11) is 0. The lowest BCUT2D eigenvalue weighted by Gasteiger charge is -2.40. The van der Waals surface area contributed by atoms with Gasteiger partial charge in [-0.15, -0.1) is 0 Å². The Morgan fingerprint density at radius 3 is 1.19 bits per heavy atom. The van der Waals surface area contributed by atoms with Crippen molar-refractivity contribution in [3.63, 3.8) is 0 Å². The third-order valence-corrected chi connectivity index (χ3v) is 15.6. The molecule has 1 amide bonds. The van der Waals surface area contributed by atoms with E-state index in [0.717, 1.165) is 70.6 Å². The molecule has 0 spiro atoms. The highest BCUT2D eigenvalue weighted by molar-refractivity contribution is 5.76. The first-order chi connectivity index (χ1) is 37.8. The molecule has 9 heteroatoms. The number of hydrogen-bond donors (Lipinski definition) is 6. The maximum absolute atomic E-state index is 13.1. The minimum Gasteiger partial charge on any atom is -0.394 e. The van der Waals surface area contributed by atoms with E-state index in [-0.39, 0.29) is 12.5 Å². The van der Waals surface area contributed by atoms with Gasteiger partial charge in [0.25, 0.3) is 0 Å². The molecule has 9 nitrogen and oxygen atoms in total. The average Bonchev–Trinajstić information content (AvgIpc) is 3.43. The summed E-state index contributed by atoms with van der Waals surface area (Å²) in [6, 6.07) is -0.720. The predicted molar refractivity (Wildman–Crippen MR) is 327 cm³/mol. The van der Waals surface area contributed by atoms with Crippen molar-refractivity contribution in [3.05, 3.63) is 60.8 Å². The second kappa shape index (κ2) is 57.1. The monoisotopic (exact) mass is 1080 g/mol. The fraction of sp³-hybridized carbons (Fsp3) is 0.838. The first-order valence-electron chi connectivity index (χ1n) is 33.0. The Morgan fingerprint density at radius 1 is 0.455 bits per heavy atom. The molecule has 6 N–H and O–H groups in total. The molecule has 0 aromatic carbocycles. The van der Waals surface area contributed by atoms with Crippen molar-refractivity contribution in [3.8, 4) is 0 Å². The highest BCUT2D eigenvalue weighted by Crippen LogP contribution is 2.23. The van der Waals surface area contributed by atoms with Gasteiger partial charge in [-0.3, -0.25) is 4.79 Å². The van der Waals surface area contributed by atoms with Crippen LogP contribution in [0.1, 0.15) is 309 Å². The largest absolute Gasteiger partial charge is 0.394 e. The molecule has 7 unspecified atom stereocenters. The molecule has 0 aliphatic carbocycles. The van der Waals surface area contributed by atoms with Crippen LogP contribution in [-0.2, 0) is 14.3 Å². The summed E-state index contributed by atoms with van der Waals surface area (Å²) in [5.74, 6) is -0.140. The van der Waals surface area contributed by atoms with Crippen molar-refractivity contribution >= 4 is 5.91 Å². The Balaban J connectivity index is 2.10. The van der Waals surface area contributed by atoms with E-state index in [2.05, 4.69) is 79.9 Å². The summed E-state index contributed by atoms with van der Waals surface area (Å²) in [5.41, 5.74) is 0. The van der Waals surface area contributed by atoms with Gasteiger partial charge in [-0.25, -0.2) is 0 Å². The minimum absolute atomic E-state index is 0.136. The van der Waals surface area contributed by atoms with Crippen molar-refractivity contribution in [2.75, 3.05) is 13.2 Å². The van der Waals surface area contributed by atoms with E-state index >= 15 is 0 Å². The van der Waals surface area contributed by atoms with Crippen LogP contribution in [0.3, 0.4) is 0 Å². The van der Waals surface area contributed by atoms with E-state index in [1.807, 2.05) is 0 Å². The van der Waals surface area contributed by atoms with E-state index in [0.29, 0.717) is 12.8 Å². The Labute approximate surface area is 475 Å². The van der Waals surface area contributed by atoms with Crippen LogP contribution in [-0.4, -0.2) is 87.5 Å². The van der Waals surface area contributed by atoms with Crippen LogP contribution in [0.25, 0.3) is 0 Å². The van der Waals surface area contributed by atoms with Gasteiger partial charge in [0.15, 0.2) is 6.29 Å². The van der Waals surface area contributed by atoms with Gasteiger partial charge in [-0.1, -0.05) is 306 Å². The molecular weight excluding hydrogens is 959 g/mol. The first-order valence-corrected chi connectivity index (χ1v) is 33.0. The maximum atomic E-state index is 13.1. The molecule has 1 fully saturated rings. The number of allylic oxidation sites excluding steroid dienone is 10. The van der Waals surface area contributed by atoms with Gasteiger partial charge in [0, 0.05) is 6.42 Å². The van der Waals surface area contributed by atoms with E-state index in [1.54, 1.807) is 0 Å². The van der Waals surface area contributed by atoms with Crippen molar-refractivity contribution in [2.45, 2.75) is 352 Å². The SMILES string of the molecule is CC/C=C\C/C=C\C/C=C\C/C=C\C/C=C\CCCCCCCCCCCCCCCCCCCCCC(=O)NC(COC1OC(CO)C(O)C(O)C1O)C(O)CCCCCCCCCCCCCCCCCCCCC. The second-order valence-electron chi connectivity index (χ2n) is 22.9. The summed E-state index contributed by atoms with van der Waals surface area (Å²) >= 11 is 0. The van der Waals surface area contributed by atoms with E-state index in [4.69, 9.17) is 9.47 Å². The number of nitrogens with one attached hydrogen (secondary N) is 1. The molecule has 0 aromatic rings. The van der Waals surface area contributed by atoms with Crippen molar-refractivity contribution in [2.24, 2.45) is 0 Å². The molecule has 0 saturated carbocycles. The van der Waals surface area contributed by atoms with Crippen molar-refractivity contribution in [1.82, 2.24) is 5.32 Å². The summed E-state index contributed by atoms with van der Waals surface area (Å²) < 4.78 is 11.3. The molecule has 1 aliphatic heterocycles. The molecule has 0 radical (unpaired) electrons. The number of ether oxygens (including phenoxy) is 2. The number of unbranched alkanes of at least 4 members (excludes halogenated alkanes) is 37. The molecule has 1 saturated heterocycles. The zero-order valence-electron chi connectivity index (χ0n) is 50.2. The number of amides is 1. The molecular formula is C68H125NO8. The Morgan fingerprint density at radius 2 is 0.805 bits per heavy atom. The van der Waals surface area contributed by atoms with Gasteiger partial charge in [0.05, 0.1) is 25.4 Å². The summed E-state index contributed by atoms with van der Waals surface area (Å²) in [6.45, 7) is 3.76. The number of aliphatic hydroxyl groups is 5. The quantitative estimate of drug-likeness (QED) is 0.0261. The lowest BCUT2D eigenvalue weighted by molar-refractivity contribution is -0.302. The number of carbonyl (C=O) groups excluding carboxylic acids is 1. The number of hydrogen-bond acceptors (Lipinski definition) is 8. The normalized spacial score (nSPS) is 19.1. The lowest BCUT2D eigenvalue weighted by atomic mass is 9.99. The van der Waals surface area contributed by atoms with E-state index < -0.39 is 49.5 Å². The first kappa shape index (κ1) is 72.9. The van der Waals surface area contributed by atoms with Crippen LogP contribution in [0.15, 0.2) is 60.8 Å². The average molecular weight is 1080 g/mol. The molecule has 77 heavy (non-hydrogen) atoms. The third kappa shape index (κ3) is 46.2. The molecule has 1 rings (SSSR count). The summed E-state index contributed by atoms with van der Waals surface area (Å²) in [6.07, 6.45) is 71.3. The molecule has 0 bridgehead atoms. The van der Waals surface area contributed by atoms with Crippen LogP contribution in [0.4, 0.5) is 0 Å². The Kier molecular flexibility index (Phi) is 54.1. The number of aliphatic hydroxyl groups excluding tert-OH is 5. The molecule has 450 valence electrons. The van der Waals surface area contributed by atoms with Crippen LogP contribution >= 0.6 is 0 Å².